The Labute approximate surface area is 191 Å². The SMILES string of the molecule is CN1CCN(CC/C=C/c2cc3c(Nc4ccc5[nH]ccc5c4)c(C#N)cnc3s2)CC1. The fourth-order valence-corrected chi connectivity index (χ4v) is 5.05. The summed E-state index contributed by atoms with van der Waals surface area (Å²) in [6.45, 7) is 5.70. The Balaban J connectivity index is 1.34. The third-order valence-corrected chi connectivity index (χ3v) is 7.02. The Kier molecular flexibility index (Phi) is 5.91. The first-order valence-corrected chi connectivity index (χ1v) is 11.8. The highest BCUT2D eigenvalue weighted by molar-refractivity contribution is 7.19. The van der Waals surface area contributed by atoms with Crippen LogP contribution in [0.2, 0.25) is 0 Å². The van der Waals surface area contributed by atoms with Gasteiger partial charge in [-0.2, -0.15) is 5.26 Å². The number of anilines is 2. The molecule has 0 saturated carbocycles. The van der Waals surface area contributed by atoms with Gasteiger partial charge in [-0.1, -0.05) is 6.08 Å². The van der Waals surface area contributed by atoms with Crippen LogP contribution in [0.25, 0.3) is 27.2 Å². The number of nitriles is 1. The first kappa shape index (κ1) is 20.7. The number of thiophene rings is 1. The average Bonchev–Trinajstić information content (AvgIpc) is 3.44. The molecule has 0 spiro atoms. The molecular formula is C25H26N6S. The van der Waals surface area contributed by atoms with Gasteiger partial charge in [0.2, 0.25) is 0 Å². The molecule has 7 heteroatoms. The van der Waals surface area contributed by atoms with Crippen LogP contribution in [0.3, 0.4) is 0 Å². The van der Waals surface area contributed by atoms with Crippen LogP contribution in [0.4, 0.5) is 11.4 Å². The van der Waals surface area contributed by atoms with Gasteiger partial charge in [0, 0.05) is 72.0 Å². The van der Waals surface area contributed by atoms with Crippen molar-refractivity contribution in [1.29, 1.82) is 5.26 Å². The number of likely N-dealkylation sites (N-methyl/N-ethyl adjacent to an activating group) is 1. The van der Waals surface area contributed by atoms with Gasteiger partial charge < -0.3 is 20.1 Å². The van der Waals surface area contributed by atoms with E-state index in [9.17, 15) is 5.26 Å². The normalized spacial score (nSPS) is 15.6. The minimum absolute atomic E-state index is 0.551. The third-order valence-electron chi connectivity index (χ3n) is 6.01. The van der Waals surface area contributed by atoms with Crippen LogP contribution in [0.1, 0.15) is 16.9 Å². The average molecular weight is 443 g/mol. The summed E-state index contributed by atoms with van der Waals surface area (Å²) in [6, 6.07) is 12.6. The quantitative estimate of drug-likeness (QED) is 0.438. The maximum absolute atomic E-state index is 9.66. The summed E-state index contributed by atoms with van der Waals surface area (Å²) >= 11 is 1.66. The van der Waals surface area contributed by atoms with Gasteiger partial charge in [0.1, 0.15) is 10.9 Å². The number of pyridine rings is 1. The molecule has 1 fully saturated rings. The molecule has 6 nitrogen and oxygen atoms in total. The molecule has 0 amide bonds. The maximum Gasteiger partial charge on any atom is 0.125 e. The zero-order valence-corrected chi connectivity index (χ0v) is 19.0. The molecule has 1 aliphatic heterocycles. The summed E-state index contributed by atoms with van der Waals surface area (Å²) < 4.78 is 0. The minimum Gasteiger partial charge on any atom is -0.361 e. The number of fused-ring (bicyclic) bond motifs is 2. The zero-order valence-electron chi connectivity index (χ0n) is 18.1. The molecule has 1 aliphatic rings. The third kappa shape index (κ3) is 4.39. The summed E-state index contributed by atoms with van der Waals surface area (Å²) in [7, 11) is 2.19. The van der Waals surface area contributed by atoms with E-state index in [1.807, 2.05) is 24.4 Å². The van der Waals surface area contributed by atoms with Crippen LogP contribution in [-0.4, -0.2) is 59.5 Å². The predicted molar refractivity (Wildman–Crippen MR) is 134 cm³/mol. The molecule has 1 saturated heterocycles. The number of benzene rings is 1. The monoisotopic (exact) mass is 442 g/mol. The van der Waals surface area contributed by atoms with E-state index < -0.39 is 0 Å². The molecule has 4 heterocycles. The largest absolute Gasteiger partial charge is 0.361 e. The molecule has 2 N–H and O–H groups in total. The number of hydrogen-bond acceptors (Lipinski definition) is 6. The first-order chi connectivity index (χ1) is 15.7. The Morgan fingerprint density at radius 3 is 2.94 bits per heavy atom. The summed E-state index contributed by atoms with van der Waals surface area (Å²) in [5.41, 5.74) is 3.42. The van der Waals surface area contributed by atoms with Gasteiger partial charge in [-0.05, 0) is 49.9 Å². The van der Waals surface area contributed by atoms with Crippen molar-refractivity contribution in [1.82, 2.24) is 19.8 Å². The van der Waals surface area contributed by atoms with E-state index in [-0.39, 0.29) is 0 Å². The van der Waals surface area contributed by atoms with Crippen molar-refractivity contribution in [3.8, 4) is 6.07 Å². The van der Waals surface area contributed by atoms with Crippen molar-refractivity contribution in [2.24, 2.45) is 0 Å². The van der Waals surface area contributed by atoms with E-state index in [0.717, 1.165) is 76.5 Å². The molecule has 0 radical (unpaired) electrons. The fraction of sp³-hybridized carbons (Fsp3) is 0.280. The predicted octanol–water partition coefficient (Wildman–Crippen LogP) is 5.04. The van der Waals surface area contributed by atoms with E-state index in [1.54, 1.807) is 17.5 Å². The van der Waals surface area contributed by atoms with Gasteiger partial charge in [0.05, 0.1) is 11.3 Å². The van der Waals surface area contributed by atoms with Crippen LogP contribution in [0.15, 0.2) is 48.8 Å². The summed E-state index contributed by atoms with van der Waals surface area (Å²) in [4.78, 5) is 14.7. The van der Waals surface area contributed by atoms with E-state index in [1.165, 1.54) is 0 Å². The van der Waals surface area contributed by atoms with E-state index in [4.69, 9.17) is 0 Å². The molecule has 32 heavy (non-hydrogen) atoms. The lowest BCUT2D eigenvalue weighted by Gasteiger charge is -2.31. The molecule has 162 valence electrons. The van der Waals surface area contributed by atoms with Gasteiger partial charge >= 0.3 is 0 Å². The number of aromatic amines is 1. The molecule has 0 unspecified atom stereocenters. The highest BCUT2D eigenvalue weighted by atomic mass is 32.1. The minimum atomic E-state index is 0.551. The number of nitrogens with zero attached hydrogens (tertiary/aromatic N) is 4. The van der Waals surface area contributed by atoms with Crippen molar-refractivity contribution < 1.29 is 0 Å². The van der Waals surface area contributed by atoms with Gasteiger partial charge in [-0.15, -0.1) is 11.3 Å². The lowest BCUT2D eigenvalue weighted by atomic mass is 10.1. The highest BCUT2D eigenvalue weighted by Crippen LogP contribution is 2.35. The highest BCUT2D eigenvalue weighted by Gasteiger charge is 2.14. The number of aromatic nitrogens is 2. The van der Waals surface area contributed by atoms with E-state index in [2.05, 4.69) is 62.5 Å². The lowest BCUT2D eigenvalue weighted by Crippen LogP contribution is -2.44. The summed E-state index contributed by atoms with van der Waals surface area (Å²) in [6.07, 6.45) is 9.07. The van der Waals surface area contributed by atoms with Crippen molar-refractivity contribution >= 4 is 49.9 Å². The Morgan fingerprint density at radius 1 is 1.22 bits per heavy atom. The molecule has 5 rings (SSSR count). The number of piperazine rings is 1. The van der Waals surface area contributed by atoms with Crippen LogP contribution < -0.4 is 5.32 Å². The van der Waals surface area contributed by atoms with E-state index in [0.29, 0.717) is 5.56 Å². The summed E-state index contributed by atoms with van der Waals surface area (Å²) in [5, 5.41) is 15.3. The van der Waals surface area contributed by atoms with Crippen LogP contribution in [-0.2, 0) is 0 Å². The molecule has 0 aliphatic carbocycles. The van der Waals surface area contributed by atoms with Gasteiger partial charge in [0.25, 0.3) is 0 Å². The van der Waals surface area contributed by atoms with Crippen molar-refractivity contribution in [3.63, 3.8) is 0 Å². The van der Waals surface area contributed by atoms with Crippen LogP contribution in [0.5, 0.6) is 0 Å². The molecule has 3 aromatic heterocycles. The van der Waals surface area contributed by atoms with Gasteiger partial charge in [-0.25, -0.2) is 4.98 Å². The second-order valence-electron chi connectivity index (χ2n) is 8.27. The molecule has 0 bridgehead atoms. The summed E-state index contributed by atoms with van der Waals surface area (Å²) in [5.74, 6) is 0. The molecular weight excluding hydrogens is 416 g/mol. The van der Waals surface area contributed by atoms with Crippen molar-refractivity contribution in [2.45, 2.75) is 6.42 Å². The zero-order chi connectivity index (χ0) is 21.9. The van der Waals surface area contributed by atoms with Crippen molar-refractivity contribution in [2.75, 3.05) is 45.1 Å². The Hall–Kier alpha value is -3.18. The molecule has 1 aromatic carbocycles. The van der Waals surface area contributed by atoms with Crippen LogP contribution >= 0.6 is 11.3 Å². The molecule has 0 atom stereocenters. The smallest absolute Gasteiger partial charge is 0.125 e. The fourth-order valence-electron chi connectivity index (χ4n) is 4.11. The second kappa shape index (κ2) is 9.13. The van der Waals surface area contributed by atoms with Crippen molar-refractivity contribution in [3.05, 3.63) is 59.2 Å². The number of H-pyrrole nitrogens is 1. The Bertz CT molecular complexity index is 1300. The molecule has 4 aromatic rings. The number of nitrogens with one attached hydrogen (secondary N) is 2. The maximum atomic E-state index is 9.66. The van der Waals surface area contributed by atoms with Crippen LogP contribution in [0, 0.1) is 11.3 Å². The van der Waals surface area contributed by atoms with Gasteiger partial charge in [-0.3, -0.25) is 0 Å². The topological polar surface area (TPSA) is 71.0 Å². The number of rotatable bonds is 6. The van der Waals surface area contributed by atoms with Gasteiger partial charge in [0.15, 0.2) is 0 Å². The standard InChI is InChI=1S/C25H26N6S/c1-30-10-12-31(13-11-30)9-3-2-4-21-15-22-24(19(16-26)17-28-25(22)32-21)29-20-5-6-23-18(14-20)7-8-27-23/h2,4-8,14-15,17,27H,3,9-13H2,1H3,(H,28,29)/b4-2+. The first-order valence-electron chi connectivity index (χ1n) is 10.9. The van der Waals surface area contributed by atoms with E-state index >= 15 is 0 Å². The lowest BCUT2D eigenvalue weighted by molar-refractivity contribution is 0.156. The second-order valence-corrected chi connectivity index (χ2v) is 9.33. The Morgan fingerprint density at radius 2 is 2.09 bits per heavy atom. The number of hydrogen-bond donors (Lipinski definition) is 2.